The minimum absolute atomic E-state index is 0.00259. The van der Waals surface area contributed by atoms with Crippen molar-refractivity contribution in [1.29, 1.82) is 0 Å². The normalized spacial score (nSPS) is 25.9. The Labute approximate surface area is 125 Å². The van der Waals surface area contributed by atoms with E-state index in [1.54, 1.807) is 0 Å². The summed E-state index contributed by atoms with van der Waals surface area (Å²) in [6, 6.07) is 8.28. The first-order valence-corrected chi connectivity index (χ1v) is 7.67. The number of nitrogens with one attached hydrogen (secondary N) is 1. The molecule has 0 radical (unpaired) electrons. The summed E-state index contributed by atoms with van der Waals surface area (Å²) in [4.78, 5) is 0. The van der Waals surface area contributed by atoms with E-state index in [-0.39, 0.29) is 5.54 Å². The van der Waals surface area contributed by atoms with Crippen molar-refractivity contribution in [2.45, 2.75) is 45.1 Å². The van der Waals surface area contributed by atoms with Gasteiger partial charge in [-0.1, -0.05) is 30.3 Å². The van der Waals surface area contributed by atoms with Crippen LogP contribution >= 0.6 is 0 Å². The zero-order valence-electron chi connectivity index (χ0n) is 12.8. The highest BCUT2D eigenvalue weighted by molar-refractivity contribution is 5.75. The number of dihydropyridines is 1. The average Bonchev–Trinajstić information content (AvgIpc) is 2.70. The maximum absolute atomic E-state index is 10.6. The van der Waals surface area contributed by atoms with Gasteiger partial charge < -0.3 is 10.4 Å². The van der Waals surface area contributed by atoms with E-state index >= 15 is 0 Å². The van der Waals surface area contributed by atoms with Crippen LogP contribution in [0.5, 0.6) is 0 Å². The van der Waals surface area contributed by atoms with Gasteiger partial charge in [0, 0.05) is 23.6 Å². The highest BCUT2D eigenvalue weighted by atomic mass is 16.3. The Hall–Kier alpha value is -1.96. The number of aliphatic hydroxyl groups is 1. The Morgan fingerprint density at radius 2 is 2.00 bits per heavy atom. The van der Waals surface area contributed by atoms with Gasteiger partial charge in [-0.25, -0.2) is 0 Å². The molecule has 0 fully saturated rings. The second-order valence-electron chi connectivity index (χ2n) is 7.03. The monoisotopic (exact) mass is 279 g/mol. The van der Waals surface area contributed by atoms with E-state index in [0.29, 0.717) is 11.7 Å². The third-order valence-electron chi connectivity index (χ3n) is 4.98. The van der Waals surface area contributed by atoms with Crippen LogP contribution in [0.2, 0.25) is 0 Å². The summed E-state index contributed by atoms with van der Waals surface area (Å²) in [5, 5.41) is 14.2. The van der Waals surface area contributed by atoms with Crippen LogP contribution in [0.25, 0.3) is 5.76 Å². The van der Waals surface area contributed by atoms with Crippen LogP contribution < -0.4 is 5.32 Å². The molecule has 0 saturated carbocycles. The van der Waals surface area contributed by atoms with Crippen molar-refractivity contribution in [2.75, 3.05) is 0 Å². The summed E-state index contributed by atoms with van der Waals surface area (Å²) >= 11 is 0. The van der Waals surface area contributed by atoms with Gasteiger partial charge in [0.1, 0.15) is 5.76 Å². The van der Waals surface area contributed by atoms with E-state index in [1.807, 2.05) is 12.1 Å². The number of hydrogen-bond donors (Lipinski definition) is 2. The Kier molecular flexibility index (Phi) is 2.45. The van der Waals surface area contributed by atoms with Crippen LogP contribution in [-0.4, -0.2) is 10.6 Å². The third-order valence-corrected chi connectivity index (χ3v) is 4.98. The molecule has 1 aromatic rings. The molecule has 0 aromatic heterocycles. The fourth-order valence-electron chi connectivity index (χ4n) is 4.18. The highest BCUT2D eigenvalue weighted by Gasteiger charge is 2.38. The zero-order valence-corrected chi connectivity index (χ0v) is 12.8. The lowest BCUT2D eigenvalue weighted by atomic mass is 9.76. The molecular formula is C19H21NO. The molecule has 4 rings (SSSR count). The molecule has 1 heterocycles. The van der Waals surface area contributed by atoms with Crippen LogP contribution in [0.3, 0.4) is 0 Å². The van der Waals surface area contributed by atoms with Crippen LogP contribution in [0, 0.1) is 0 Å². The van der Waals surface area contributed by atoms with Crippen molar-refractivity contribution in [3.05, 3.63) is 63.9 Å². The third kappa shape index (κ3) is 1.78. The van der Waals surface area contributed by atoms with E-state index < -0.39 is 0 Å². The van der Waals surface area contributed by atoms with Crippen LogP contribution in [0.1, 0.15) is 50.7 Å². The quantitative estimate of drug-likeness (QED) is 0.736. The predicted molar refractivity (Wildman–Crippen MR) is 86.0 cm³/mol. The SMILES string of the molecule is CC1=CC(C)(C)NC2=C1CC1C(=C(O)c3ccccc31)C2. The van der Waals surface area contributed by atoms with Crippen molar-refractivity contribution < 1.29 is 5.11 Å². The summed E-state index contributed by atoms with van der Waals surface area (Å²) in [5.41, 5.74) is 7.62. The molecule has 0 spiro atoms. The number of benzene rings is 1. The van der Waals surface area contributed by atoms with Gasteiger partial charge >= 0.3 is 0 Å². The molecule has 1 atom stereocenters. The van der Waals surface area contributed by atoms with Gasteiger partial charge in [-0.3, -0.25) is 0 Å². The first-order chi connectivity index (χ1) is 9.96. The molecule has 3 aliphatic rings. The molecule has 2 nitrogen and oxygen atoms in total. The molecule has 0 saturated heterocycles. The summed E-state index contributed by atoms with van der Waals surface area (Å²) in [5.74, 6) is 0.861. The average molecular weight is 279 g/mol. The van der Waals surface area contributed by atoms with Crippen molar-refractivity contribution in [3.63, 3.8) is 0 Å². The largest absolute Gasteiger partial charge is 0.507 e. The number of aliphatic hydroxyl groups excluding tert-OH is 1. The maximum Gasteiger partial charge on any atom is 0.123 e. The van der Waals surface area contributed by atoms with Crippen molar-refractivity contribution in [3.8, 4) is 0 Å². The van der Waals surface area contributed by atoms with Gasteiger partial charge in [-0.15, -0.1) is 0 Å². The minimum atomic E-state index is -0.00259. The van der Waals surface area contributed by atoms with E-state index in [2.05, 4.69) is 44.3 Å². The summed E-state index contributed by atoms with van der Waals surface area (Å²) < 4.78 is 0. The Balaban J connectivity index is 1.81. The molecule has 2 aliphatic carbocycles. The lowest BCUT2D eigenvalue weighted by Gasteiger charge is -2.38. The van der Waals surface area contributed by atoms with Crippen molar-refractivity contribution in [1.82, 2.24) is 5.32 Å². The van der Waals surface area contributed by atoms with E-state index in [9.17, 15) is 5.11 Å². The van der Waals surface area contributed by atoms with Gasteiger partial charge in [0.2, 0.25) is 0 Å². The molecule has 2 N–H and O–H groups in total. The van der Waals surface area contributed by atoms with Gasteiger partial charge in [0.15, 0.2) is 0 Å². The van der Waals surface area contributed by atoms with Crippen molar-refractivity contribution >= 4 is 5.76 Å². The minimum Gasteiger partial charge on any atom is -0.507 e. The zero-order chi connectivity index (χ0) is 14.8. The Morgan fingerprint density at radius 3 is 2.81 bits per heavy atom. The molecule has 0 amide bonds. The van der Waals surface area contributed by atoms with E-state index in [1.165, 1.54) is 28.0 Å². The fraction of sp³-hybridized carbons (Fsp3) is 0.368. The fourth-order valence-corrected chi connectivity index (χ4v) is 4.18. The molecule has 2 heteroatoms. The molecule has 1 aromatic carbocycles. The summed E-state index contributed by atoms with van der Waals surface area (Å²) in [6.45, 7) is 6.61. The lowest BCUT2D eigenvalue weighted by molar-refractivity contribution is 0.479. The van der Waals surface area contributed by atoms with E-state index in [4.69, 9.17) is 0 Å². The molecule has 1 unspecified atom stereocenters. The molecule has 0 bridgehead atoms. The molecule has 1 aliphatic heterocycles. The maximum atomic E-state index is 10.6. The standard InChI is InChI=1S/C19H21NO/c1-11-10-19(2,3)20-17-9-16-15(8-14(11)17)12-6-4-5-7-13(12)18(16)21/h4-7,10,15,20-21H,8-9H2,1-3H3. The van der Waals surface area contributed by atoms with Crippen LogP contribution in [-0.2, 0) is 0 Å². The second kappa shape index (κ2) is 4.03. The van der Waals surface area contributed by atoms with E-state index in [0.717, 1.165) is 18.4 Å². The predicted octanol–water partition coefficient (Wildman–Crippen LogP) is 4.43. The smallest absolute Gasteiger partial charge is 0.123 e. The molecule has 108 valence electrons. The summed E-state index contributed by atoms with van der Waals surface area (Å²) in [6.07, 6.45) is 4.16. The van der Waals surface area contributed by atoms with Crippen LogP contribution in [0.4, 0.5) is 0 Å². The number of fused-ring (bicyclic) bond motifs is 3. The molecular weight excluding hydrogens is 258 g/mol. The van der Waals surface area contributed by atoms with Gasteiger partial charge in [0.25, 0.3) is 0 Å². The summed E-state index contributed by atoms with van der Waals surface area (Å²) in [7, 11) is 0. The van der Waals surface area contributed by atoms with Gasteiger partial charge in [-0.05, 0) is 49.5 Å². The topological polar surface area (TPSA) is 32.3 Å². The van der Waals surface area contributed by atoms with Crippen molar-refractivity contribution in [2.24, 2.45) is 0 Å². The number of hydrogen-bond acceptors (Lipinski definition) is 2. The van der Waals surface area contributed by atoms with Crippen LogP contribution in [0.15, 0.2) is 52.8 Å². The van der Waals surface area contributed by atoms with Gasteiger partial charge in [0.05, 0.1) is 5.54 Å². The lowest BCUT2D eigenvalue weighted by Crippen LogP contribution is -2.41. The number of allylic oxidation sites excluding steroid dienone is 3. The second-order valence-corrected chi connectivity index (χ2v) is 7.03. The highest BCUT2D eigenvalue weighted by Crippen LogP contribution is 2.51. The first kappa shape index (κ1) is 12.8. The molecule has 21 heavy (non-hydrogen) atoms. The number of rotatable bonds is 0. The Bertz CT molecular complexity index is 734. The Morgan fingerprint density at radius 1 is 1.24 bits per heavy atom. The first-order valence-electron chi connectivity index (χ1n) is 7.67. The van der Waals surface area contributed by atoms with Gasteiger partial charge in [-0.2, -0.15) is 0 Å².